The maximum Gasteiger partial charge on any atom is 0.426 e. The summed E-state index contributed by atoms with van der Waals surface area (Å²) in [5, 5.41) is -1.26. The van der Waals surface area contributed by atoms with Gasteiger partial charge in [0.25, 0.3) is 0 Å². The minimum atomic E-state index is -4.66. The predicted molar refractivity (Wildman–Crippen MR) is 107 cm³/mol. The van der Waals surface area contributed by atoms with Gasteiger partial charge in [0.1, 0.15) is 17.5 Å². The molecule has 0 spiro atoms. The molecule has 1 aliphatic rings. The van der Waals surface area contributed by atoms with E-state index in [9.17, 15) is 22.4 Å². The molecular weight excluding hydrogens is 420 g/mol. The van der Waals surface area contributed by atoms with Crippen LogP contribution in [-0.4, -0.2) is 12.1 Å². The van der Waals surface area contributed by atoms with Gasteiger partial charge in [-0.2, -0.15) is 13.2 Å². The summed E-state index contributed by atoms with van der Waals surface area (Å²) < 4.78 is 57.8. The van der Waals surface area contributed by atoms with Gasteiger partial charge in [-0.1, -0.05) is 67.9 Å². The van der Waals surface area contributed by atoms with Crippen LogP contribution in [0, 0.1) is 30.0 Å². The first kappa shape index (κ1) is 22.3. The second kappa shape index (κ2) is 8.06. The molecule has 160 valence electrons. The highest BCUT2D eigenvalue weighted by molar-refractivity contribution is 6.30. The lowest BCUT2D eigenvalue weighted by atomic mass is 9.96. The Labute approximate surface area is 177 Å². The molecule has 2 aromatic rings. The van der Waals surface area contributed by atoms with E-state index in [1.807, 2.05) is 30.3 Å². The van der Waals surface area contributed by atoms with Crippen LogP contribution in [0.2, 0.25) is 0 Å². The van der Waals surface area contributed by atoms with Crippen molar-refractivity contribution in [2.45, 2.75) is 33.6 Å². The Balaban J connectivity index is 1.76. The lowest BCUT2D eigenvalue weighted by Crippen LogP contribution is -2.12. The van der Waals surface area contributed by atoms with Crippen molar-refractivity contribution in [3.63, 3.8) is 0 Å². The van der Waals surface area contributed by atoms with Crippen LogP contribution in [0.3, 0.4) is 0 Å². The molecule has 0 N–H and O–H groups in total. The summed E-state index contributed by atoms with van der Waals surface area (Å²) in [5.74, 6) is -2.64. The molecule has 3 rings (SSSR count). The fourth-order valence-corrected chi connectivity index (χ4v) is 3.89. The van der Waals surface area contributed by atoms with E-state index in [2.05, 4.69) is 0 Å². The highest BCUT2D eigenvalue weighted by atomic mass is 35.5. The largest absolute Gasteiger partial charge is 0.460 e. The molecule has 0 bridgehead atoms. The molecule has 30 heavy (non-hydrogen) atoms. The van der Waals surface area contributed by atoms with Crippen LogP contribution < -0.4 is 0 Å². The van der Waals surface area contributed by atoms with Crippen LogP contribution in [0.1, 0.15) is 25.0 Å². The van der Waals surface area contributed by atoms with Gasteiger partial charge >= 0.3 is 12.1 Å². The van der Waals surface area contributed by atoms with Crippen molar-refractivity contribution in [1.29, 1.82) is 0 Å². The summed E-state index contributed by atoms with van der Waals surface area (Å²) in [6.45, 7) is 4.78. The summed E-state index contributed by atoms with van der Waals surface area (Å²) >= 11 is 5.31. The molecule has 0 aliphatic heterocycles. The Bertz CT molecular complexity index is 981. The Morgan fingerprint density at radius 1 is 1.17 bits per heavy atom. The second-order valence-corrected chi connectivity index (χ2v) is 8.42. The van der Waals surface area contributed by atoms with E-state index in [1.165, 1.54) is 6.07 Å². The van der Waals surface area contributed by atoms with Crippen LogP contribution in [0.5, 0.6) is 0 Å². The topological polar surface area (TPSA) is 26.3 Å². The van der Waals surface area contributed by atoms with E-state index < -0.39 is 40.2 Å². The normalized spacial score (nSPS) is 20.7. The molecule has 0 heterocycles. The number of hydrogen-bond donors (Lipinski definition) is 0. The van der Waals surface area contributed by atoms with Crippen molar-refractivity contribution in [1.82, 2.24) is 0 Å². The number of carbonyl (C=O) groups excluding carboxylic acids is 1. The fourth-order valence-electron chi connectivity index (χ4n) is 3.76. The molecule has 1 fully saturated rings. The smallest absolute Gasteiger partial charge is 0.426 e. The van der Waals surface area contributed by atoms with E-state index >= 15 is 0 Å². The first-order valence-corrected chi connectivity index (χ1v) is 9.77. The first-order chi connectivity index (χ1) is 13.9. The Kier molecular flexibility index (Phi) is 6.01. The molecule has 1 aliphatic carbocycles. The standard InChI is InChI=1S/C23H21ClF4O2/c1-13-15(14-7-5-4-6-8-14)9-10-18(25)16(13)12-30-21(29)20-17(22(20,2)3)11-19(24)23(26,27)28/h4-11,17,20H,12H2,1-3H3. The van der Waals surface area contributed by atoms with E-state index in [0.29, 0.717) is 5.56 Å². The third kappa shape index (κ3) is 4.38. The van der Waals surface area contributed by atoms with Crippen molar-refractivity contribution >= 4 is 17.6 Å². The van der Waals surface area contributed by atoms with E-state index in [1.54, 1.807) is 26.8 Å². The van der Waals surface area contributed by atoms with E-state index in [4.69, 9.17) is 16.3 Å². The average Bonchev–Trinajstić information content (AvgIpc) is 3.21. The molecule has 2 nitrogen and oxygen atoms in total. The second-order valence-electron chi connectivity index (χ2n) is 8.01. The zero-order valence-electron chi connectivity index (χ0n) is 16.7. The number of rotatable bonds is 5. The molecule has 2 atom stereocenters. The molecule has 2 aromatic carbocycles. The van der Waals surface area contributed by atoms with Gasteiger partial charge in [-0.15, -0.1) is 0 Å². The molecule has 0 amide bonds. The van der Waals surface area contributed by atoms with Gasteiger partial charge in [0.15, 0.2) is 0 Å². The quantitative estimate of drug-likeness (QED) is 0.377. The minimum absolute atomic E-state index is 0.239. The number of alkyl halides is 3. The summed E-state index contributed by atoms with van der Waals surface area (Å²) in [4.78, 5) is 12.5. The summed E-state index contributed by atoms with van der Waals surface area (Å²) in [5.41, 5.74) is 1.87. The number of allylic oxidation sites excluding steroid dienone is 2. The molecule has 1 saturated carbocycles. The molecule has 0 radical (unpaired) electrons. The zero-order valence-corrected chi connectivity index (χ0v) is 17.4. The molecule has 0 saturated heterocycles. The van der Waals surface area contributed by atoms with Crippen molar-refractivity contribution in [2.75, 3.05) is 0 Å². The van der Waals surface area contributed by atoms with Crippen molar-refractivity contribution < 1.29 is 27.1 Å². The highest BCUT2D eigenvalue weighted by Crippen LogP contribution is 2.60. The number of benzene rings is 2. The third-order valence-electron chi connectivity index (χ3n) is 5.75. The van der Waals surface area contributed by atoms with Gasteiger partial charge in [0.2, 0.25) is 0 Å². The zero-order chi connectivity index (χ0) is 22.3. The van der Waals surface area contributed by atoms with Crippen LogP contribution in [0.15, 0.2) is 53.6 Å². The number of halogens is 5. The van der Waals surface area contributed by atoms with Gasteiger partial charge in [-0.25, -0.2) is 4.39 Å². The Morgan fingerprint density at radius 2 is 1.80 bits per heavy atom. The van der Waals surface area contributed by atoms with E-state index in [0.717, 1.165) is 17.2 Å². The monoisotopic (exact) mass is 440 g/mol. The van der Waals surface area contributed by atoms with Crippen molar-refractivity contribution in [3.8, 4) is 11.1 Å². The minimum Gasteiger partial charge on any atom is -0.460 e. The van der Waals surface area contributed by atoms with Crippen LogP contribution in [-0.2, 0) is 16.1 Å². The molecule has 7 heteroatoms. The van der Waals surface area contributed by atoms with Gasteiger partial charge in [-0.3, -0.25) is 4.79 Å². The van der Waals surface area contributed by atoms with Crippen LogP contribution >= 0.6 is 11.6 Å². The van der Waals surface area contributed by atoms with E-state index in [-0.39, 0.29) is 12.2 Å². The summed E-state index contributed by atoms with van der Waals surface area (Å²) in [6.07, 6.45) is -3.80. The van der Waals surface area contributed by atoms with Gasteiger partial charge in [0.05, 0.1) is 5.92 Å². The number of ether oxygens (including phenoxy) is 1. The van der Waals surface area contributed by atoms with Crippen LogP contribution in [0.25, 0.3) is 11.1 Å². The molecule has 0 aromatic heterocycles. The lowest BCUT2D eigenvalue weighted by molar-refractivity contribution is -0.147. The first-order valence-electron chi connectivity index (χ1n) is 9.39. The van der Waals surface area contributed by atoms with Gasteiger partial charge in [-0.05, 0) is 41.0 Å². The Morgan fingerprint density at radius 3 is 2.40 bits per heavy atom. The lowest BCUT2D eigenvalue weighted by Gasteiger charge is -2.13. The Hall–Kier alpha value is -2.34. The molecule has 2 unspecified atom stereocenters. The van der Waals surface area contributed by atoms with Crippen LogP contribution in [0.4, 0.5) is 17.6 Å². The van der Waals surface area contributed by atoms with Crippen molar-refractivity contribution in [2.24, 2.45) is 17.3 Å². The highest BCUT2D eigenvalue weighted by Gasteiger charge is 2.62. The number of esters is 1. The molecular formula is C23H21ClF4O2. The maximum atomic E-state index is 14.4. The fraction of sp³-hybridized carbons (Fsp3) is 0.348. The average molecular weight is 441 g/mol. The summed E-state index contributed by atoms with van der Waals surface area (Å²) in [6, 6.07) is 12.4. The van der Waals surface area contributed by atoms with Gasteiger partial charge < -0.3 is 4.74 Å². The number of hydrogen-bond acceptors (Lipinski definition) is 2. The predicted octanol–water partition coefficient (Wildman–Crippen LogP) is 6.80. The SMILES string of the molecule is Cc1c(-c2ccccc2)ccc(F)c1COC(=O)C1C(C=C(Cl)C(F)(F)F)C1(C)C. The summed E-state index contributed by atoms with van der Waals surface area (Å²) in [7, 11) is 0. The maximum absolute atomic E-state index is 14.4. The van der Waals surface area contributed by atoms with Gasteiger partial charge in [0, 0.05) is 5.56 Å². The van der Waals surface area contributed by atoms with Crippen molar-refractivity contribution in [3.05, 3.63) is 70.5 Å². The third-order valence-corrected chi connectivity index (χ3v) is 6.09. The number of carbonyl (C=O) groups is 1.